The molecule has 130 valence electrons. The Morgan fingerprint density at radius 3 is 2.52 bits per heavy atom. The molecule has 0 atom stereocenters. The summed E-state index contributed by atoms with van der Waals surface area (Å²) in [6.07, 6.45) is 0. The number of rotatable bonds is 2. The minimum Gasteiger partial charge on any atom is -0.505 e. The standard InChI is InChI=1S/C17H14ClNO5S/c1-10-12(18)7-5-8-13(10)19-15(17(21)24-2)16(20)11-6-3-4-9-14(11)25(19,22)23/h3-9,20H,1-2H3. The Bertz CT molecular complexity index is 1010. The predicted molar refractivity (Wildman–Crippen MR) is 93.9 cm³/mol. The van der Waals surface area contributed by atoms with E-state index in [0.29, 0.717) is 10.6 Å². The van der Waals surface area contributed by atoms with E-state index in [-0.39, 0.29) is 16.1 Å². The van der Waals surface area contributed by atoms with Crippen molar-refractivity contribution in [3.8, 4) is 0 Å². The molecule has 0 amide bonds. The smallest absolute Gasteiger partial charge is 0.359 e. The average Bonchev–Trinajstić information content (AvgIpc) is 2.60. The van der Waals surface area contributed by atoms with Crippen LogP contribution in [0.2, 0.25) is 5.02 Å². The Morgan fingerprint density at radius 2 is 1.84 bits per heavy atom. The molecule has 2 aromatic rings. The van der Waals surface area contributed by atoms with Gasteiger partial charge in [-0.15, -0.1) is 0 Å². The fourth-order valence-electron chi connectivity index (χ4n) is 2.67. The zero-order valence-corrected chi connectivity index (χ0v) is 14.9. The second-order valence-electron chi connectivity index (χ2n) is 5.34. The molecule has 2 aromatic carbocycles. The summed E-state index contributed by atoms with van der Waals surface area (Å²) in [5.74, 6) is -1.45. The third kappa shape index (κ3) is 2.56. The van der Waals surface area contributed by atoms with Gasteiger partial charge in [-0.25, -0.2) is 17.5 Å². The van der Waals surface area contributed by atoms with Crippen molar-refractivity contribution in [2.45, 2.75) is 11.8 Å². The molecule has 1 N–H and O–H groups in total. The molecule has 3 rings (SSSR count). The summed E-state index contributed by atoms with van der Waals surface area (Å²) >= 11 is 6.11. The number of methoxy groups -OCH3 is 1. The molecule has 0 saturated carbocycles. The van der Waals surface area contributed by atoms with Crippen LogP contribution in [0.5, 0.6) is 0 Å². The van der Waals surface area contributed by atoms with Gasteiger partial charge in [0.05, 0.1) is 17.7 Å². The fourth-order valence-corrected chi connectivity index (χ4v) is 4.59. The highest BCUT2D eigenvalue weighted by atomic mass is 35.5. The number of carbonyl (C=O) groups is 1. The minimum absolute atomic E-state index is 0.0406. The van der Waals surface area contributed by atoms with Gasteiger partial charge in [0, 0.05) is 10.6 Å². The Morgan fingerprint density at radius 1 is 1.16 bits per heavy atom. The first kappa shape index (κ1) is 17.3. The largest absolute Gasteiger partial charge is 0.505 e. The van der Waals surface area contributed by atoms with E-state index >= 15 is 0 Å². The van der Waals surface area contributed by atoms with E-state index in [1.165, 1.54) is 24.3 Å². The second-order valence-corrected chi connectivity index (χ2v) is 7.50. The summed E-state index contributed by atoms with van der Waals surface area (Å²) < 4.78 is 31.8. The molecule has 0 unspecified atom stereocenters. The van der Waals surface area contributed by atoms with Crippen molar-refractivity contribution in [2.24, 2.45) is 0 Å². The first-order chi connectivity index (χ1) is 11.8. The number of aliphatic hydroxyl groups excluding tert-OH is 1. The topological polar surface area (TPSA) is 83.9 Å². The molecule has 0 aliphatic carbocycles. The molecule has 0 saturated heterocycles. The molecule has 0 bridgehead atoms. The highest BCUT2D eigenvalue weighted by molar-refractivity contribution is 7.93. The van der Waals surface area contributed by atoms with Gasteiger partial charge < -0.3 is 9.84 Å². The lowest BCUT2D eigenvalue weighted by Gasteiger charge is -2.31. The van der Waals surface area contributed by atoms with Gasteiger partial charge in [0.15, 0.2) is 11.5 Å². The molecule has 6 nitrogen and oxygen atoms in total. The van der Waals surface area contributed by atoms with Crippen molar-refractivity contribution >= 4 is 39.0 Å². The van der Waals surface area contributed by atoms with Crippen LogP contribution in [0.15, 0.2) is 53.1 Å². The number of esters is 1. The number of ether oxygens (including phenoxy) is 1. The van der Waals surface area contributed by atoms with Crippen LogP contribution >= 0.6 is 11.6 Å². The highest BCUT2D eigenvalue weighted by Crippen LogP contribution is 2.41. The van der Waals surface area contributed by atoms with Gasteiger partial charge in [0.25, 0.3) is 10.0 Å². The Kier molecular flexibility index (Phi) is 4.22. The number of anilines is 1. The summed E-state index contributed by atoms with van der Waals surface area (Å²) in [7, 11) is -3.05. The predicted octanol–water partition coefficient (Wildman–Crippen LogP) is 3.26. The van der Waals surface area contributed by atoms with Crippen molar-refractivity contribution in [2.75, 3.05) is 11.4 Å². The van der Waals surface area contributed by atoms with Crippen LogP contribution in [0.25, 0.3) is 5.76 Å². The molecule has 0 spiro atoms. The second kappa shape index (κ2) is 6.09. The molecule has 0 fully saturated rings. The van der Waals surface area contributed by atoms with E-state index < -0.39 is 27.4 Å². The lowest BCUT2D eigenvalue weighted by atomic mass is 10.1. The minimum atomic E-state index is -4.16. The summed E-state index contributed by atoms with van der Waals surface area (Å²) in [6, 6.07) is 10.6. The van der Waals surface area contributed by atoms with E-state index in [2.05, 4.69) is 0 Å². The zero-order chi connectivity index (χ0) is 18.4. The monoisotopic (exact) mass is 379 g/mol. The Labute approximate surface area is 150 Å². The molecular formula is C17H14ClNO5S. The number of halogens is 1. The van der Waals surface area contributed by atoms with Gasteiger partial charge in [0.1, 0.15) is 0 Å². The summed E-state index contributed by atoms with van der Waals surface area (Å²) in [5.41, 5.74) is 0.167. The highest BCUT2D eigenvalue weighted by Gasteiger charge is 2.42. The van der Waals surface area contributed by atoms with Gasteiger partial charge in [-0.3, -0.25) is 0 Å². The molecule has 0 radical (unpaired) electrons. The summed E-state index contributed by atoms with van der Waals surface area (Å²) in [6.45, 7) is 1.62. The number of benzene rings is 2. The number of hydrogen-bond donors (Lipinski definition) is 1. The number of nitrogens with zero attached hydrogens (tertiary/aromatic N) is 1. The van der Waals surface area contributed by atoms with Crippen molar-refractivity contribution < 1.29 is 23.1 Å². The maximum absolute atomic E-state index is 13.2. The SMILES string of the molecule is COC(=O)C1=C(O)c2ccccc2S(=O)(=O)N1c1cccc(Cl)c1C. The first-order valence-electron chi connectivity index (χ1n) is 7.22. The van der Waals surface area contributed by atoms with Gasteiger partial charge in [-0.2, -0.15) is 0 Å². The van der Waals surface area contributed by atoms with Gasteiger partial charge in [-0.05, 0) is 36.8 Å². The van der Waals surface area contributed by atoms with Crippen LogP contribution in [-0.2, 0) is 19.6 Å². The van der Waals surface area contributed by atoms with Crippen molar-refractivity contribution in [1.29, 1.82) is 0 Å². The number of hydrogen-bond acceptors (Lipinski definition) is 5. The number of aliphatic hydroxyl groups is 1. The Hall–Kier alpha value is -2.51. The van der Waals surface area contributed by atoms with E-state index in [1.54, 1.807) is 25.1 Å². The first-order valence-corrected chi connectivity index (χ1v) is 9.04. The molecule has 25 heavy (non-hydrogen) atoms. The number of carbonyl (C=O) groups excluding carboxylic acids is 1. The quantitative estimate of drug-likeness (QED) is 0.809. The molecular weight excluding hydrogens is 366 g/mol. The Balaban J connectivity index is 2.42. The average molecular weight is 380 g/mol. The van der Waals surface area contributed by atoms with Crippen molar-refractivity contribution in [3.05, 3.63) is 64.3 Å². The third-order valence-electron chi connectivity index (χ3n) is 3.92. The van der Waals surface area contributed by atoms with Crippen LogP contribution in [0.1, 0.15) is 11.1 Å². The van der Waals surface area contributed by atoms with Crippen LogP contribution < -0.4 is 4.31 Å². The molecule has 1 heterocycles. The molecule has 8 heteroatoms. The maximum Gasteiger partial charge on any atom is 0.359 e. The van der Waals surface area contributed by atoms with Gasteiger partial charge in [-0.1, -0.05) is 29.8 Å². The van der Waals surface area contributed by atoms with Crippen molar-refractivity contribution in [3.63, 3.8) is 0 Å². The lowest BCUT2D eigenvalue weighted by Crippen LogP contribution is -2.39. The molecule has 0 aromatic heterocycles. The zero-order valence-electron chi connectivity index (χ0n) is 13.4. The molecule has 1 aliphatic rings. The van der Waals surface area contributed by atoms with E-state index in [0.717, 1.165) is 11.4 Å². The van der Waals surface area contributed by atoms with Crippen LogP contribution in [0.4, 0.5) is 5.69 Å². The van der Waals surface area contributed by atoms with Crippen LogP contribution in [-0.4, -0.2) is 26.6 Å². The van der Waals surface area contributed by atoms with E-state index in [9.17, 15) is 18.3 Å². The van der Waals surface area contributed by atoms with E-state index in [1.807, 2.05) is 0 Å². The van der Waals surface area contributed by atoms with Crippen molar-refractivity contribution in [1.82, 2.24) is 0 Å². The normalized spacial score (nSPS) is 15.7. The lowest BCUT2D eigenvalue weighted by molar-refractivity contribution is -0.136. The summed E-state index contributed by atoms with van der Waals surface area (Å²) in [4.78, 5) is 12.2. The van der Waals surface area contributed by atoms with E-state index in [4.69, 9.17) is 16.3 Å². The number of sulfonamides is 1. The van der Waals surface area contributed by atoms with Crippen LogP contribution in [0, 0.1) is 6.92 Å². The molecule has 1 aliphatic heterocycles. The van der Waals surface area contributed by atoms with Crippen LogP contribution in [0.3, 0.4) is 0 Å². The maximum atomic E-state index is 13.2. The van der Waals surface area contributed by atoms with Gasteiger partial charge >= 0.3 is 5.97 Å². The fraction of sp³-hybridized carbons (Fsp3) is 0.118. The summed E-state index contributed by atoms with van der Waals surface area (Å²) in [5, 5.41) is 10.9. The number of fused-ring (bicyclic) bond motifs is 1. The third-order valence-corrected chi connectivity index (χ3v) is 6.11. The van der Waals surface area contributed by atoms with Gasteiger partial charge in [0.2, 0.25) is 0 Å².